The Morgan fingerprint density at radius 2 is 1.83 bits per heavy atom. The largest absolute Gasteiger partial charge is 0.416 e. The number of benzene rings is 2. The van der Waals surface area contributed by atoms with Gasteiger partial charge in [-0.25, -0.2) is 4.98 Å². The molecule has 0 aliphatic carbocycles. The van der Waals surface area contributed by atoms with Gasteiger partial charge in [0.15, 0.2) is 0 Å². The van der Waals surface area contributed by atoms with E-state index in [1.807, 2.05) is 0 Å². The summed E-state index contributed by atoms with van der Waals surface area (Å²) in [7, 11) is 0. The lowest BCUT2D eigenvalue weighted by molar-refractivity contribution is -0.383. The van der Waals surface area contributed by atoms with Gasteiger partial charge in [-0.2, -0.15) is 13.2 Å². The van der Waals surface area contributed by atoms with Gasteiger partial charge < -0.3 is 5.32 Å². The standard InChI is InChI=1S/C16H10F3N3O2/c17-16(18,19)10-3-1-4-11(9-10)21-13-7-8-20-15-12(13)5-2-6-14(15)22(23)24/h1-9H,(H,20,21). The van der Waals surface area contributed by atoms with Crippen LogP contribution in [0, 0.1) is 10.1 Å². The molecule has 8 heteroatoms. The number of non-ortho nitro benzene ring substituents is 1. The Kier molecular flexibility index (Phi) is 3.80. The number of nitro benzene ring substituents is 1. The van der Waals surface area contributed by atoms with Crippen molar-refractivity contribution >= 4 is 28.0 Å². The summed E-state index contributed by atoms with van der Waals surface area (Å²) in [6.45, 7) is 0. The summed E-state index contributed by atoms with van der Waals surface area (Å²) in [5, 5.41) is 14.4. The zero-order chi connectivity index (χ0) is 17.3. The van der Waals surface area contributed by atoms with E-state index < -0.39 is 16.7 Å². The van der Waals surface area contributed by atoms with Crippen molar-refractivity contribution in [2.75, 3.05) is 5.32 Å². The Balaban J connectivity index is 2.06. The third kappa shape index (κ3) is 2.98. The molecule has 0 radical (unpaired) electrons. The first kappa shape index (κ1) is 15.7. The zero-order valence-electron chi connectivity index (χ0n) is 12.0. The third-order valence-corrected chi connectivity index (χ3v) is 3.42. The van der Waals surface area contributed by atoms with E-state index in [-0.39, 0.29) is 16.9 Å². The van der Waals surface area contributed by atoms with Crippen LogP contribution in [0.15, 0.2) is 54.7 Å². The molecule has 0 atom stereocenters. The normalized spacial score (nSPS) is 11.5. The molecule has 0 bridgehead atoms. The van der Waals surface area contributed by atoms with Crippen molar-refractivity contribution in [3.05, 3.63) is 70.4 Å². The van der Waals surface area contributed by atoms with Crippen LogP contribution in [0.4, 0.5) is 30.2 Å². The predicted octanol–water partition coefficient (Wildman–Crippen LogP) is 4.91. The summed E-state index contributed by atoms with van der Waals surface area (Å²) in [5.41, 5.74) is -0.122. The highest BCUT2D eigenvalue weighted by atomic mass is 19.4. The van der Waals surface area contributed by atoms with E-state index >= 15 is 0 Å². The van der Waals surface area contributed by atoms with E-state index in [4.69, 9.17) is 0 Å². The molecule has 1 heterocycles. The fourth-order valence-electron chi connectivity index (χ4n) is 2.35. The van der Waals surface area contributed by atoms with Crippen LogP contribution in [0.3, 0.4) is 0 Å². The molecule has 5 nitrogen and oxygen atoms in total. The molecule has 24 heavy (non-hydrogen) atoms. The smallest absolute Gasteiger partial charge is 0.355 e. The first-order chi connectivity index (χ1) is 11.4. The number of alkyl halides is 3. The van der Waals surface area contributed by atoms with Crippen LogP contribution in [0.5, 0.6) is 0 Å². The summed E-state index contributed by atoms with van der Waals surface area (Å²) in [4.78, 5) is 14.5. The molecule has 0 aliphatic heterocycles. The van der Waals surface area contributed by atoms with Gasteiger partial charge in [-0.05, 0) is 24.3 Å². The van der Waals surface area contributed by atoms with Crippen molar-refractivity contribution in [2.24, 2.45) is 0 Å². The summed E-state index contributed by atoms with van der Waals surface area (Å²) in [5.74, 6) is 0. The van der Waals surface area contributed by atoms with Crippen LogP contribution in [0.25, 0.3) is 10.9 Å². The monoisotopic (exact) mass is 333 g/mol. The number of hydrogen-bond donors (Lipinski definition) is 1. The molecular weight excluding hydrogens is 323 g/mol. The fourth-order valence-corrected chi connectivity index (χ4v) is 2.35. The van der Waals surface area contributed by atoms with Crippen molar-refractivity contribution < 1.29 is 18.1 Å². The van der Waals surface area contributed by atoms with Gasteiger partial charge in [0.1, 0.15) is 5.52 Å². The quantitative estimate of drug-likeness (QED) is 0.546. The topological polar surface area (TPSA) is 68.1 Å². The van der Waals surface area contributed by atoms with Crippen LogP contribution in [0.1, 0.15) is 5.56 Å². The molecule has 0 saturated heterocycles. The molecule has 0 spiro atoms. The minimum atomic E-state index is -4.45. The molecule has 2 aromatic carbocycles. The molecule has 122 valence electrons. The fraction of sp³-hybridized carbons (Fsp3) is 0.0625. The Bertz CT molecular complexity index is 926. The van der Waals surface area contributed by atoms with Crippen molar-refractivity contribution in [3.63, 3.8) is 0 Å². The molecule has 1 aromatic heterocycles. The van der Waals surface area contributed by atoms with Crippen molar-refractivity contribution in [1.82, 2.24) is 4.98 Å². The lowest BCUT2D eigenvalue weighted by atomic mass is 10.1. The molecule has 0 aliphatic rings. The van der Waals surface area contributed by atoms with Crippen molar-refractivity contribution in [2.45, 2.75) is 6.18 Å². The second-order valence-corrected chi connectivity index (χ2v) is 4.99. The van der Waals surface area contributed by atoms with Gasteiger partial charge in [0.2, 0.25) is 0 Å². The number of nitro groups is 1. The third-order valence-electron chi connectivity index (χ3n) is 3.42. The van der Waals surface area contributed by atoms with Gasteiger partial charge in [0.05, 0.1) is 10.5 Å². The van der Waals surface area contributed by atoms with Crippen molar-refractivity contribution in [3.8, 4) is 0 Å². The molecule has 0 saturated carbocycles. The number of nitrogens with one attached hydrogen (secondary N) is 1. The summed E-state index contributed by atoms with van der Waals surface area (Å²) < 4.78 is 38.4. The Hall–Kier alpha value is -3.16. The molecule has 0 unspecified atom stereocenters. The van der Waals surface area contributed by atoms with Gasteiger partial charge in [-0.15, -0.1) is 0 Å². The van der Waals surface area contributed by atoms with E-state index in [2.05, 4.69) is 10.3 Å². The van der Waals surface area contributed by atoms with Gasteiger partial charge in [-0.1, -0.05) is 18.2 Å². The van der Waals surface area contributed by atoms with Crippen molar-refractivity contribution in [1.29, 1.82) is 0 Å². The van der Waals surface area contributed by atoms with Gasteiger partial charge in [0, 0.05) is 29.0 Å². The van der Waals surface area contributed by atoms with Crippen LogP contribution in [-0.2, 0) is 6.18 Å². The second-order valence-electron chi connectivity index (χ2n) is 4.99. The van der Waals surface area contributed by atoms with Gasteiger partial charge >= 0.3 is 6.18 Å². The second kappa shape index (κ2) is 5.80. The van der Waals surface area contributed by atoms with Crippen LogP contribution in [-0.4, -0.2) is 9.91 Å². The Morgan fingerprint density at radius 1 is 1.08 bits per heavy atom. The SMILES string of the molecule is O=[N+]([O-])c1cccc2c(Nc3cccc(C(F)(F)F)c3)ccnc12. The minimum Gasteiger partial charge on any atom is -0.355 e. The number of nitrogens with zero attached hydrogens (tertiary/aromatic N) is 2. The molecule has 1 N–H and O–H groups in total. The van der Waals surface area contributed by atoms with E-state index in [0.717, 1.165) is 12.1 Å². The first-order valence-corrected chi connectivity index (χ1v) is 6.82. The Morgan fingerprint density at radius 3 is 2.54 bits per heavy atom. The lowest BCUT2D eigenvalue weighted by Gasteiger charge is -2.12. The predicted molar refractivity (Wildman–Crippen MR) is 83.1 cm³/mol. The number of para-hydroxylation sites is 1. The number of hydrogen-bond acceptors (Lipinski definition) is 4. The van der Waals surface area contributed by atoms with E-state index in [1.165, 1.54) is 30.5 Å². The first-order valence-electron chi connectivity index (χ1n) is 6.82. The highest BCUT2D eigenvalue weighted by Crippen LogP contribution is 2.33. The number of fused-ring (bicyclic) bond motifs is 1. The van der Waals surface area contributed by atoms with Gasteiger partial charge in [-0.3, -0.25) is 10.1 Å². The molecule has 0 fully saturated rings. The highest BCUT2D eigenvalue weighted by molar-refractivity contribution is 5.97. The molecule has 0 amide bonds. The number of rotatable bonds is 3. The van der Waals surface area contributed by atoms with Crippen LogP contribution < -0.4 is 5.32 Å². The summed E-state index contributed by atoms with van der Waals surface area (Å²) in [6.07, 6.45) is -3.08. The average Bonchev–Trinajstić information content (AvgIpc) is 2.54. The molecule has 3 aromatic rings. The average molecular weight is 333 g/mol. The van der Waals surface area contributed by atoms with E-state index in [0.29, 0.717) is 11.1 Å². The number of anilines is 2. The molecule has 3 rings (SSSR count). The summed E-state index contributed by atoms with van der Waals surface area (Å²) >= 11 is 0. The molecular formula is C16H10F3N3O2. The van der Waals surface area contributed by atoms with E-state index in [9.17, 15) is 23.3 Å². The van der Waals surface area contributed by atoms with Crippen LogP contribution in [0.2, 0.25) is 0 Å². The summed E-state index contributed by atoms with van der Waals surface area (Å²) in [6, 6.07) is 10.7. The van der Waals surface area contributed by atoms with E-state index in [1.54, 1.807) is 12.1 Å². The number of halogens is 3. The number of aromatic nitrogens is 1. The minimum absolute atomic E-state index is 0.166. The highest BCUT2D eigenvalue weighted by Gasteiger charge is 2.30. The number of pyridine rings is 1. The zero-order valence-corrected chi connectivity index (χ0v) is 12.0. The lowest BCUT2D eigenvalue weighted by Crippen LogP contribution is -2.05. The maximum atomic E-state index is 12.8. The van der Waals surface area contributed by atoms with Crippen LogP contribution >= 0.6 is 0 Å². The maximum Gasteiger partial charge on any atom is 0.416 e. The van der Waals surface area contributed by atoms with Gasteiger partial charge in [0.25, 0.3) is 5.69 Å². The Labute approximate surface area is 133 Å². The maximum absolute atomic E-state index is 12.8.